The van der Waals surface area contributed by atoms with Gasteiger partial charge in [-0.15, -0.1) is 0 Å². The highest BCUT2D eigenvalue weighted by atomic mass is 19.3. The highest BCUT2D eigenvalue weighted by molar-refractivity contribution is 5.48. The fraction of sp³-hybridized carbons (Fsp3) is 0.600. The Kier molecular flexibility index (Phi) is 3.81. The second kappa shape index (κ2) is 5.08. The Morgan fingerprint density at radius 3 is 2.42 bits per heavy atom. The molecular formula is C15H21F2NO. The number of rotatable bonds is 4. The molecule has 1 aliphatic carbocycles. The van der Waals surface area contributed by atoms with Crippen molar-refractivity contribution >= 4 is 0 Å². The summed E-state index contributed by atoms with van der Waals surface area (Å²) in [7, 11) is 1.52. The Morgan fingerprint density at radius 1 is 1.32 bits per heavy atom. The van der Waals surface area contributed by atoms with Gasteiger partial charge in [0.15, 0.2) is 0 Å². The third-order valence-electron chi connectivity index (χ3n) is 4.20. The Hall–Kier alpha value is -1.16. The third kappa shape index (κ3) is 2.46. The van der Waals surface area contributed by atoms with E-state index in [0.717, 1.165) is 32.6 Å². The lowest BCUT2D eigenvalue weighted by atomic mass is 9.75. The van der Waals surface area contributed by atoms with Crippen molar-refractivity contribution in [2.75, 3.05) is 13.7 Å². The Labute approximate surface area is 112 Å². The summed E-state index contributed by atoms with van der Waals surface area (Å²) in [5.41, 5.74) is 6.25. The molecule has 2 N–H and O–H groups in total. The quantitative estimate of drug-likeness (QED) is 0.906. The summed E-state index contributed by atoms with van der Waals surface area (Å²) in [6.07, 6.45) is 3.77. The number of nitrogens with two attached hydrogens (primary N) is 1. The number of ether oxygens (including phenoxy) is 1. The van der Waals surface area contributed by atoms with Gasteiger partial charge in [-0.1, -0.05) is 25.0 Å². The summed E-state index contributed by atoms with van der Waals surface area (Å²) in [4.78, 5) is 0. The van der Waals surface area contributed by atoms with Crippen molar-refractivity contribution in [3.8, 4) is 5.75 Å². The van der Waals surface area contributed by atoms with Crippen LogP contribution in [0.3, 0.4) is 0 Å². The molecule has 0 saturated heterocycles. The van der Waals surface area contributed by atoms with Crippen LogP contribution < -0.4 is 10.5 Å². The number of hydrogen-bond acceptors (Lipinski definition) is 2. The second-order valence-corrected chi connectivity index (χ2v) is 5.46. The van der Waals surface area contributed by atoms with Gasteiger partial charge >= 0.3 is 0 Å². The average molecular weight is 269 g/mol. The Bertz CT molecular complexity index is 448. The van der Waals surface area contributed by atoms with Crippen molar-refractivity contribution < 1.29 is 13.5 Å². The van der Waals surface area contributed by atoms with Gasteiger partial charge in [-0.05, 0) is 18.9 Å². The predicted octanol–water partition coefficient (Wildman–Crippen LogP) is 3.58. The van der Waals surface area contributed by atoms with Gasteiger partial charge in [-0.3, -0.25) is 0 Å². The number of halogens is 2. The van der Waals surface area contributed by atoms with E-state index in [4.69, 9.17) is 10.5 Å². The van der Waals surface area contributed by atoms with Crippen LogP contribution in [0.25, 0.3) is 0 Å². The van der Waals surface area contributed by atoms with Crippen LogP contribution in [-0.4, -0.2) is 13.7 Å². The first-order valence-corrected chi connectivity index (χ1v) is 6.70. The smallest absolute Gasteiger partial charge is 0.270 e. The molecule has 1 aliphatic rings. The summed E-state index contributed by atoms with van der Waals surface area (Å²) in [6, 6.07) is 4.86. The van der Waals surface area contributed by atoms with Gasteiger partial charge in [-0.2, -0.15) is 0 Å². The zero-order valence-corrected chi connectivity index (χ0v) is 11.5. The molecule has 4 heteroatoms. The van der Waals surface area contributed by atoms with E-state index in [9.17, 15) is 8.78 Å². The first-order valence-electron chi connectivity index (χ1n) is 6.70. The van der Waals surface area contributed by atoms with E-state index in [2.05, 4.69) is 0 Å². The molecule has 0 atom stereocenters. The first kappa shape index (κ1) is 14.3. The molecule has 2 rings (SSSR count). The monoisotopic (exact) mass is 269 g/mol. The molecule has 1 fully saturated rings. The van der Waals surface area contributed by atoms with E-state index in [1.807, 2.05) is 0 Å². The summed E-state index contributed by atoms with van der Waals surface area (Å²) in [6.45, 7) is 1.32. The summed E-state index contributed by atoms with van der Waals surface area (Å²) in [5.74, 6) is -2.35. The van der Waals surface area contributed by atoms with Crippen LogP contribution in [0.4, 0.5) is 8.78 Å². The summed E-state index contributed by atoms with van der Waals surface area (Å²) >= 11 is 0. The van der Waals surface area contributed by atoms with E-state index in [1.54, 1.807) is 12.1 Å². The van der Waals surface area contributed by atoms with Crippen LogP contribution in [0.15, 0.2) is 18.2 Å². The molecule has 0 bridgehead atoms. The molecule has 0 aromatic heterocycles. The normalized spacial score (nSPS) is 18.6. The van der Waals surface area contributed by atoms with Crippen LogP contribution in [0, 0.1) is 0 Å². The van der Waals surface area contributed by atoms with Gasteiger partial charge < -0.3 is 10.5 Å². The Balaban J connectivity index is 2.65. The molecule has 0 heterocycles. The maximum Gasteiger partial charge on any atom is 0.270 e. The van der Waals surface area contributed by atoms with Crippen molar-refractivity contribution in [1.82, 2.24) is 0 Å². The standard InChI is InChI=1S/C15H21F2NO/c1-14(16,17)11-6-5-7-12(19-2)13(11)15(10-18)8-3-4-9-15/h5-7H,3-4,8-10,18H2,1-2H3. The molecule has 0 aliphatic heterocycles. The lowest BCUT2D eigenvalue weighted by Gasteiger charge is -2.33. The lowest BCUT2D eigenvalue weighted by Crippen LogP contribution is -2.35. The minimum atomic E-state index is -2.88. The number of methoxy groups -OCH3 is 1. The fourth-order valence-corrected chi connectivity index (χ4v) is 3.22. The highest BCUT2D eigenvalue weighted by Crippen LogP contribution is 2.48. The largest absolute Gasteiger partial charge is 0.496 e. The van der Waals surface area contributed by atoms with Crippen molar-refractivity contribution in [2.24, 2.45) is 5.73 Å². The van der Waals surface area contributed by atoms with Crippen LogP contribution in [0.1, 0.15) is 43.7 Å². The molecule has 0 spiro atoms. The van der Waals surface area contributed by atoms with Crippen LogP contribution >= 0.6 is 0 Å². The van der Waals surface area contributed by atoms with Crippen molar-refractivity contribution in [2.45, 2.75) is 43.9 Å². The number of alkyl halides is 2. The zero-order chi connectivity index (χ0) is 14.1. The van der Waals surface area contributed by atoms with Gasteiger partial charge in [0.2, 0.25) is 0 Å². The topological polar surface area (TPSA) is 35.2 Å². The maximum absolute atomic E-state index is 13.9. The third-order valence-corrected chi connectivity index (χ3v) is 4.20. The van der Waals surface area contributed by atoms with Gasteiger partial charge in [0.05, 0.1) is 7.11 Å². The minimum Gasteiger partial charge on any atom is -0.496 e. The molecule has 0 radical (unpaired) electrons. The summed E-state index contributed by atoms with van der Waals surface area (Å²) in [5, 5.41) is 0. The predicted molar refractivity (Wildman–Crippen MR) is 71.8 cm³/mol. The van der Waals surface area contributed by atoms with E-state index >= 15 is 0 Å². The van der Waals surface area contributed by atoms with Crippen LogP contribution in [0.5, 0.6) is 5.75 Å². The minimum absolute atomic E-state index is 0.0548. The molecule has 106 valence electrons. The highest BCUT2D eigenvalue weighted by Gasteiger charge is 2.42. The first-order chi connectivity index (χ1) is 8.94. The van der Waals surface area contributed by atoms with Gasteiger partial charge in [0.25, 0.3) is 5.92 Å². The van der Waals surface area contributed by atoms with E-state index in [0.29, 0.717) is 17.9 Å². The molecule has 1 aromatic carbocycles. The van der Waals surface area contributed by atoms with Crippen molar-refractivity contribution in [3.05, 3.63) is 29.3 Å². The van der Waals surface area contributed by atoms with E-state index in [1.165, 1.54) is 13.2 Å². The van der Waals surface area contributed by atoms with Crippen molar-refractivity contribution in [1.29, 1.82) is 0 Å². The number of benzene rings is 1. The average Bonchev–Trinajstić information content (AvgIpc) is 2.86. The second-order valence-electron chi connectivity index (χ2n) is 5.46. The fourth-order valence-electron chi connectivity index (χ4n) is 3.22. The molecular weight excluding hydrogens is 248 g/mol. The molecule has 0 amide bonds. The summed E-state index contributed by atoms with van der Waals surface area (Å²) < 4.78 is 33.1. The van der Waals surface area contributed by atoms with Crippen molar-refractivity contribution in [3.63, 3.8) is 0 Å². The van der Waals surface area contributed by atoms with E-state index < -0.39 is 5.92 Å². The number of hydrogen-bond donors (Lipinski definition) is 1. The molecule has 0 unspecified atom stereocenters. The Morgan fingerprint density at radius 2 is 1.95 bits per heavy atom. The van der Waals surface area contributed by atoms with Gasteiger partial charge in [-0.25, -0.2) is 8.78 Å². The van der Waals surface area contributed by atoms with Gasteiger partial charge in [0.1, 0.15) is 5.75 Å². The van der Waals surface area contributed by atoms with Crippen LogP contribution in [0.2, 0.25) is 0 Å². The molecule has 1 saturated carbocycles. The SMILES string of the molecule is COc1cccc(C(C)(F)F)c1C1(CN)CCCC1. The molecule has 19 heavy (non-hydrogen) atoms. The zero-order valence-electron chi connectivity index (χ0n) is 11.5. The molecule has 1 aromatic rings. The lowest BCUT2D eigenvalue weighted by molar-refractivity contribution is 0.0150. The maximum atomic E-state index is 13.9. The van der Waals surface area contributed by atoms with Crippen LogP contribution in [-0.2, 0) is 11.3 Å². The molecule has 2 nitrogen and oxygen atoms in total. The van der Waals surface area contributed by atoms with Gasteiger partial charge in [0, 0.05) is 30.0 Å². The van der Waals surface area contributed by atoms with E-state index in [-0.39, 0.29) is 11.0 Å².